The van der Waals surface area contributed by atoms with E-state index in [1.54, 1.807) is 11.9 Å². The van der Waals surface area contributed by atoms with Crippen molar-refractivity contribution in [2.45, 2.75) is 13.3 Å². The minimum absolute atomic E-state index is 0.00989. The van der Waals surface area contributed by atoms with E-state index in [1.807, 2.05) is 55.5 Å². The van der Waals surface area contributed by atoms with Gasteiger partial charge in [0.1, 0.15) is 0 Å². The van der Waals surface area contributed by atoms with Gasteiger partial charge in [0.15, 0.2) is 0 Å². The van der Waals surface area contributed by atoms with E-state index < -0.39 is 0 Å². The van der Waals surface area contributed by atoms with Gasteiger partial charge in [-0.3, -0.25) is 9.59 Å². The fourth-order valence-corrected chi connectivity index (χ4v) is 3.32. The summed E-state index contributed by atoms with van der Waals surface area (Å²) in [5.74, 6) is -0.597. The zero-order chi connectivity index (χ0) is 17.3. The van der Waals surface area contributed by atoms with Crippen molar-refractivity contribution in [2.24, 2.45) is 11.8 Å². The number of nitrogens with zero attached hydrogens (tertiary/aromatic N) is 1. The summed E-state index contributed by atoms with van der Waals surface area (Å²) in [4.78, 5) is 26.5. The molecule has 0 radical (unpaired) electrons. The Morgan fingerprint density at radius 1 is 1.12 bits per heavy atom. The van der Waals surface area contributed by atoms with E-state index in [4.69, 9.17) is 0 Å². The summed E-state index contributed by atoms with van der Waals surface area (Å²) < 4.78 is 0.848. The number of halogens is 1. The number of hydrogen-bond donors (Lipinski definition) is 1. The third-order valence-electron chi connectivity index (χ3n) is 4.30. The highest BCUT2D eigenvalue weighted by Gasteiger charge is 2.49. The molecule has 2 aromatic carbocycles. The molecule has 1 saturated carbocycles. The number of anilines is 2. The quantitative estimate of drug-likeness (QED) is 0.863. The maximum absolute atomic E-state index is 12.5. The Morgan fingerprint density at radius 2 is 1.83 bits per heavy atom. The predicted molar refractivity (Wildman–Crippen MR) is 99.0 cm³/mol. The molecule has 2 atom stereocenters. The number of carbonyl (C=O) groups is 2. The number of hydrogen-bond acceptors (Lipinski definition) is 2. The van der Waals surface area contributed by atoms with Crippen LogP contribution in [0.25, 0.3) is 0 Å². The Hall–Kier alpha value is -2.14. The number of nitrogens with one attached hydrogen (secondary N) is 1. The molecule has 2 unspecified atom stereocenters. The molecule has 124 valence electrons. The van der Waals surface area contributed by atoms with Gasteiger partial charge in [0, 0.05) is 17.2 Å². The number of aryl methyl sites for hydroxylation is 1. The lowest BCUT2D eigenvalue weighted by molar-refractivity contribution is -0.123. The van der Waals surface area contributed by atoms with Gasteiger partial charge < -0.3 is 10.2 Å². The molecular weight excluding hydrogens is 368 g/mol. The second kappa shape index (κ2) is 6.77. The molecule has 1 aliphatic carbocycles. The Bertz CT molecular complexity index is 776. The third-order valence-corrected chi connectivity index (χ3v) is 4.96. The van der Waals surface area contributed by atoms with Gasteiger partial charge in [0.25, 0.3) is 0 Å². The van der Waals surface area contributed by atoms with Gasteiger partial charge in [-0.25, -0.2) is 0 Å². The molecule has 5 heteroatoms. The molecule has 0 saturated heterocycles. The zero-order valence-electron chi connectivity index (χ0n) is 13.6. The topological polar surface area (TPSA) is 49.4 Å². The van der Waals surface area contributed by atoms with Crippen molar-refractivity contribution >= 4 is 39.1 Å². The Kier molecular flexibility index (Phi) is 4.71. The summed E-state index contributed by atoms with van der Waals surface area (Å²) in [6, 6.07) is 15.2. The summed E-state index contributed by atoms with van der Waals surface area (Å²) >= 11 is 3.45. The highest BCUT2D eigenvalue weighted by molar-refractivity contribution is 9.10. The maximum atomic E-state index is 12.5. The first-order valence-corrected chi connectivity index (χ1v) is 8.66. The van der Waals surface area contributed by atoms with Crippen molar-refractivity contribution in [1.82, 2.24) is 0 Å². The van der Waals surface area contributed by atoms with Crippen LogP contribution in [0.3, 0.4) is 0 Å². The lowest BCUT2D eigenvalue weighted by Gasteiger charge is -2.17. The molecule has 0 aliphatic heterocycles. The van der Waals surface area contributed by atoms with Crippen molar-refractivity contribution in [3.63, 3.8) is 0 Å². The maximum Gasteiger partial charge on any atom is 0.230 e. The largest absolute Gasteiger partial charge is 0.325 e. The van der Waals surface area contributed by atoms with Gasteiger partial charge in [0.05, 0.1) is 17.5 Å². The first-order valence-electron chi connectivity index (χ1n) is 7.87. The van der Waals surface area contributed by atoms with Gasteiger partial charge in [-0.05, 0) is 59.1 Å². The predicted octanol–water partition coefficient (Wildman–Crippen LogP) is 4.00. The van der Waals surface area contributed by atoms with Crippen molar-refractivity contribution in [3.05, 3.63) is 58.6 Å². The summed E-state index contributed by atoms with van der Waals surface area (Å²) in [6.45, 7) is 1.99. The highest BCUT2D eigenvalue weighted by Crippen LogP contribution is 2.41. The SMILES string of the molecule is Cc1ccc(NC(=O)C2CC2C(=O)N(C)c2ccccc2)c(Br)c1. The molecule has 1 fully saturated rings. The summed E-state index contributed by atoms with van der Waals surface area (Å²) in [5, 5.41) is 2.91. The van der Waals surface area contributed by atoms with Crippen LogP contribution in [0.15, 0.2) is 53.0 Å². The molecular formula is C19H19BrN2O2. The van der Waals surface area contributed by atoms with Crippen molar-refractivity contribution in [3.8, 4) is 0 Å². The smallest absolute Gasteiger partial charge is 0.230 e. The van der Waals surface area contributed by atoms with Gasteiger partial charge in [-0.2, -0.15) is 0 Å². The number of benzene rings is 2. The van der Waals surface area contributed by atoms with Gasteiger partial charge in [-0.15, -0.1) is 0 Å². The minimum atomic E-state index is -0.253. The fraction of sp³-hybridized carbons (Fsp3) is 0.263. The monoisotopic (exact) mass is 386 g/mol. The lowest BCUT2D eigenvalue weighted by Crippen LogP contribution is -2.29. The standard InChI is InChI=1S/C19H19BrN2O2/c1-12-8-9-17(16(20)10-12)21-18(23)14-11-15(14)19(24)22(2)13-6-4-3-5-7-13/h3-10,14-15H,11H2,1-2H3,(H,21,23). The number of carbonyl (C=O) groups excluding carboxylic acids is 2. The minimum Gasteiger partial charge on any atom is -0.325 e. The summed E-state index contributed by atoms with van der Waals surface area (Å²) in [5.41, 5.74) is 2.69. The molecule has 0 bridgehead atoms. The van der Waals surface area contributed by atoms with E-state index in [-0.39, 0.29) is 23.7 Å². The average Bonchev–Trinajstić information content (AvgIpc) is 3.37. The van der Waals surface area contributed by atoms with Gasteiger partial charge in [0.2, 0.25) is 11.8 Å². The Balaban J connectivity index is 1.62. The first kappa shape index (κ1) is 16.7. The number of rotatable bonds is 4. The molecule has 0 spiro atoms. The van der Waals surface area contributed by atoms with Gasteiger partial charge >= 0.3 is 0 Å². The van der Waals surface area contributed by atoms with Crippen molar-refractivity contribution < 1.29 is 9.59 Å². The van der Waals surface area contributed by atoms with Crippen LogP contribution < -0.4 is 10.2 Å². The van der Waals surface area contributed by atoms with Crippen molar-refractivity contribution in [1.29, 1.82) is 0 Å². The summed E-state index contributed by atoms with van der Waals surface area (Å²) in [6.07, 6.45) is 0.603. The molecule has 0 heterocycles. The fourth-order valence-electron chi connectivity index (χ4n) is 2.73. The van der Waals surface area contributed by atoms with E-state index in [2.05, 4.69) is 21.2 Å². The zero-order valence-corrected chi connectivity index (χ0v) is 15.2. The Morgan fingerprint density at radius 3 is 2.50 bits per heavy atom. The average molecular weight is 387 g/mol. The van der Waals surface area contributed by atoms with Crippen LogP contribution >= 0.6 is 15.9 Å². The number of para-hydroxylation sites is 1. The molecule has 4 nitrogen and oxygen atoms in total. The lowest BCUT2D eigenvalue weighted by atomic mass is 10.2. The molecule has 3 rings (SSSR count). The Labute approximate surface area is 150 Å². The molecule has 0 aromatic heterocycles. The molecule has 2 amide bonds. The second-order valence-corrected chi connectivity index (χ2v) is 7.01. The molecule has 1 aliphatic rings. The number of amides is 2. The second-order valence-electron chi connectivity index (χ2n) is 6.15. The third kappa shape index (κ3) is 3.51. The van der Waals surface area contributed by atoms with Gasteiger partial charge in [-0.1, -0.05) is 24.3 Å². The van der Waals surface area contributed by atoms with Crippen LogP contribution in [-0.4, -0.2) is 18.9 Å². The highest BCUT2D eigenvalue weighted by atomic mass is 79.9. The molecule has 2 aromatic rings. The van der Waals surface area contributed by atoms with E-state index in [1.165, 1.54) is 0 Å². The first-order chi connectivity index (χ1) is 11.5. The van der Waals surface area contributed by atoms with Crippen LogP contribution in [0.5, 0.6) is 0 Å². The van der Waals surface area contributed by atoms with Crippen LogP contribution in [0.2, 0.25) is 0 Å². The van der Waals surface area contributed by atoms with Crippen molar-refractivity contribution in [2.75, 3.05) is 17.3 Å². The van der Waals surface area contributed by atoms with Crippen LogP contribution in [0.1, 0.15) is 12.0 Å². The normalized spacial score (nSPS) is 18.8. The molecule has 24 heavy (non-hydrogen) atoms. The van der Waals surface area contributed by atoms with Crippen LogP contribution in [-0.2, 0) is 9.59 Å². The van der Waals surface area contributed by atoms with E-state index in [9.17, 15) is 9.59 Å². The van der Waals surface area contributed by atoms with Crippen LogP contribution in [0, 0.1) is 18.8 Å². The van der Waals surface area contributed by atoms with E-state index in [0.717, 1.165) is 21.4 Å². The summed E-state index contributed by atoms with van der Waals surface area (Å²) in [7, 11) is 1.75. The molecule has 1 N–H and O–H groups in total. The van der Waals surface area contributed by atoms with E-state index in [0.29, 0.717) is 6.42 Å². The van der Waals surface area contributed by atoms with E-state index >= 15 is 0 Å². The van der Waals surface area contributed by atoms with Crippen LogP contribution in [0.4, 0.5) is 11.4 Å².